The predicted molar refractivity (Wildman–Crippen MR) is 93.8 cm³/mol. The Morgan fingerprint density at radius 2 is 1.79 bits per heavy atom. The Morgan fingerprint density at radius 1 is 1.00 bits per heavy atom. The van der Waals surface area contributed by atoms with Crippen molar-refractivity contribution in [3.05, 3.63) is 71.4 Å². The number of H-pyrrole nitrogens is 1. The van der Waals surface area contributed by atoms with E-state index in [9.17, 15) is 4.79 Å². The van der Waals surface area contributed by atoms with Gasteiger partial charge in [-0.25, -0.2) is 0 Å². The first-order valence-corrected chi connectivity index (χ1v) is 8.51. The summed E-state index contributed by atoms with van der Waals surface area (Å²) in [7, 11) is 0. The van der Waals surface area contributed by atoms with Gasteiger partial charge in [0.25, 0.3) is 0 Å². The molecule has 24 heavy (non-hydrogen) atoms. The molecule has 1 amide bonds. The fourth-order valence-corrected chi connectivity index (χ4v) is 4.28. The molecule has 5 rings (SSSR count). The molecule has 2 aliphatic heterocycles. The van der Waals surface area contributed by atoms with E-state index < -0.39 is 0 Å². The highest BCUT2D eigenvalue weighted by Crippen LogP contribution is 2.41. The SMILES string of the molecule is O=C1NCCN2[C@@H](c3ccccc3)c3[nH]c4ccccc4c3C[C@H]12. The summed E-state index contributed by atoms with van der Waals surface area (Å²) in [4.78, 5) is 18.5. The summed E-state index contributed by atoms with van der Waals surface area (Å²) >= 11 is 0. The lowest BCUT2D eigenvalue weighted by Gasteiger charge is -2.44. The monoisotopic (exact) mass is 317 g/mol. The van der Waals surface area contributed by atoms with Crippen molar-refractivity contribution in [1.82, 2.24) is 15.2 Å². The van der Waals surface area contributed by atoms with Crippen LogP contribution in [-0.2, 0) is 11.2 Å². The van der Waals surface area contributed by atoms with Gasteiger partial charge in [0, 0.05) is 29.7 Å². The summed E-state index contributed by atoms with van der Waals surface area (Å²) in [5, 5.41) is 4.28. The molecule has 2 aromatic carbocycles. The molecule has 3 aromatic rings. The van der Waals surface area contributed by atoms with E-state index in [1.54, 1.807) is 0 Å². The molecular formula is C20H19N3O. The van der Waals surface area contributed by atoms with Crippen LogP contribution in [0.15, 0.2) is 54.6 Å². The van der Waals surface area contributed by atoms with Gasteiger partial charge < -0.3 is 10.3 Å². The third-order valence-electron chi connectivity index (χ3n) is 5.34. The zero-order valence-electron chi connectivity index (χ0n) is 13.3. The van der Waals surface area contributed by atoms with Gasteiger partial charge in [-0.3, -0.25) is 9.69 Å². The van der Waals surface area contributed by atoms with Crippen LogP contribution >= 0.6 is 0 Å². The molecule has 1 aromatic heterocycles. The van der Waals surface area contributed by atoms with Crippen molar-refractivity contribution in [1.29, 1.82) is 0 Å². The topological polar surface area (TPSA) is 48.1 Å². The van der Waals surface area contributed by atoms with Crippen LogP contribution in [0.2, 0.25) is 0 Å². The van der Waals surface area contributed by atoms with Crippen LogP contribution in [0.3, 0.4) is 0 Å². The fourth-order valence-electron chi connectivity index (χ4n) is 4.28. The quantitative estimate of drug-likeness (QED) is 0.725. The highest BCUT2D eigenvalue weighted by molar-refractivity contribution is 5.89. The van der Waals surface area contributed by atoms with Gasteiger partial charge in [0.15, 0.2) is 0 Å². The number of para-hydroxylation sites is 1. The fraction of sp³-hybridized carbons (Fsp3) is 0.250. The van der Waals surface area contributed by atoms with Crippen LogP contribution in [0, 0.1) is 0 Å². The highest BCUT2D eigenvalue weighted by atomic mass is 16.2. The Kier molecular flexibility index (Phi) is 3.00. The van der Waals surface area contributed by atoms with E-state index in [1.165, 1.54) is 22.2 Å². The molecule has 2 N–H and O–H groups in total. The first kappa shape index (κ1) is 13.8. The van der Waals surface area contributed by atoms with E-state index in [-0.39, 0.29) is 18.0 Å². The molecule has 120 valence electrons. The minimum Gasteiger partial charge on any atom is -0.357 e. The van der Waals surface area contributed by atoms with Crippen LogP contribution < -0.4 is 5.32 Å². The van der Waals surface area contributed by atoms with Gasteiger partial charge in [-0.1, -0.05) is 48.5 Å². The maximum atomic E-state index is 12.5. The van der Waals surface area contributed by atoms with Crippen LogP contribution in [0.4, 0.5) is 0 Å². The molecule has 0 bridgehead atoms. The number of fused-ring (bicyclic) bond motifs is 4. The second-order valence-corrected chi connectivity index (χ2v) is 6.62. The summed E-state index contributed by atoms with van der Waals surface area (Å²) in [5.74, 6) is 0.151. The smallest absolute Gasteiger partial charge is 0.237 e. The number of carbonyl (C=O) groups excluding carboxylic acids is 1. The standard InChI is InChI=1S/C20H19N3O/c24-20-17-12-15-14-8-4-5-9-16(14)22-18(15)19(23(17)11-10-21-20)13-6-2-1-3-7-13/h1-9,17,19,22H,10-12H2,(H,21,24)/t17-,19+/m1/s1. The van der Waals surface area contributed by atoms with E-state index in [4.69, 9.17) is 0 Å². The molecular weight excluding hydrogens is 298 g/mol. The van der Waals surface area contributed by atoms with Crippen molar-refractivity contribution in [2.75, 3.05) is 13.1 Å². The molecule has 3 heterocycles. The minimum absolute atomic E-state index is 0.0873. The number of nitrogens with zero attached hydrogens (tertiary/aromatic N) is 1. The summed E-state index contributed by atoms with van der Waals surface area (Å²) in [6.07, 6.45) is 0.772. The van der Waals surface area contributed by atoms with Crippen LogP contribution in [0.1, 0.15) is 22.9 Å². The Morgan fingerprint density at radius 3 is 2.67 bits per heavy atom. The molecule has 0 spiro atoms. The third kappa shape index (κ3) is 1.93. The molecule has 0 unspecified atom stereocenters. The molecule has 2 atom stereocenters. The number of aromatic nitrogens is 1. The lowest BCUT2D eigenvalue weighted by Crippen LogP contribution is -2.59. The van der Waals surface area contributed by atoms with Crippen molar-refractivity contribution >= 4 is 16.8 Å². The molecule has 2 aliphatic rings. The van der Waals surface area contributed by atoms with Gasteiger partial charge in [-0.2, -0.15) is 0 Å². The molecule has 4 heteroatoms. The molecule has 0 radical (unpaired) electrons. The largest absolute Gasteiger partial charge is 0.357 e. The minimum atomic E-state index is -0.0873. The molecule has 1 fully saturated rings. The Hall–Kier alpha value is -2.59. The van der Waals surface area contributed by atoms with Crippen molar-refractivity contribution in [2.24, 2.45) is 0 Å². The van der Waals surface area contributed by atoms with Gasteiger partial charge in [0.1, 0.15) is 0 Å². The summed E-state index contributed by atoms with van der Waals surface area (Å²) in [5.41, 5.74) is 4.93. The number of benzene rings is 2. The van der Waals surface area contributed by atoms with E-state index in [0.717, 1.165) is 18.5 Å². The first-order chi connectivity index (χ1) is 11.8. The van der Waals surface area contributed by atoms with Gasteiger partial charge in [-0.05, 0) is 23.6 Å². The molecule has 0 aliphatic carbocycles. The van der Waals surface area contributed by atoms with Crippen molar-refractivity contribution in [3.63, 3.8) is 0 Å². The van der Waals surface area contributed by atoms with E-state index in [0.29, 0.717) is 6.54 Å². The summed E-state index contributed by atoms with van der Waals surface area (Å²) < 4.78 is 0. The van der Waals surface area contributed by atoms with Crippen LogP contribution in [0.25, 0.3) is 10.9 Å². The lowest BCUT2D eigenvalue weighted by atomic mass is 9.87. The maximum absolute atomic E-state index is 12.5. The normalized spacial score (nSPS) is 23.6. The molecule has 0 saturated carbocycles. The number of piperazine rings is 1. The number of aromatic amines is 1. The van der Waals surface area contributed by atoms with Gasteiger partial charge in [-0.15, -0.1) is 0 Å². The number of rotatable bonds is 1. The van der Waals surface area contributed by atoms with Crippen molar-refractivity contribution in [2.45, 2.75) is 18.5 Å². The Bertz CT molecular complexity index is 915. The van der Waals surface area contributed by atoms with Crippen LogP contribution in [-0.4, -0.2) is 34.9 Å². The number of carbonyl (C=O) groups is 1. The van der Waals surface area contributed by atoms with Crippen molar-refractivity contribution in [3.8, 4) is 0 Å². The predicted octanol–water partition coefficient (Wildman–Crippen LogP) is 2.61. The number of nitrogens with one attached hydrogen (secondary N) is 2. The Balaban J connectivity index is 1.75. The van der Waals surface area contributed by atoms with E-state index in [1.807, 2.05) is 6.07 Å². The van der Waals surface area contributed by atoms with Crippen molar-refractivity contribution < 1.29 is 4.79 Å². The van der Waals surface area contributed by atoms with E-state index >= 15 is 0 Å². The zero-order valence-corrected chi connectivity index (χ0v) is 13.3. The first-order valence-electron chi connectivity index (χ1n) is 8.51. The summed E-state index contributed by atoms with van der Waals surface area (Å²) in [6, 6.07) is 18.9. The maximum Gasteiger partial charge on any atom is 0.237 e. The lowest BCUT2D eigenvalue weighted by molar-refractivity contribution is -0.130. The number of hydrogen-bond donors (Lipinski definition) is 2. The average Bonchev–Trinajstić information content (AvgIpc) is 2.99. The second kappa shape index (κ2) is 5.21. The highest BCUT2D eigenvalue weighted by Gasteiger charge is 2.42. The summed E-state index contributed by atoms with van der Waals surface area (Å²) in [6.45, 7) is 1.60. The zero-order chi connectivity index (χ0) is 16.1. The van der Waals surface area contributed by atoms with E-state index in [2.05, 4.69) is 63.7 Å². The third-order valence-corrected chi connectivity index (χ3v) is 5.34. The number of amides is 1. The molecule has 1 saturated heterocycles. The average molecular weight is 317 g/mol. The van der Waals surface area contributed by atoms with Gasteiger partial charge >= 0.3 is 0 Å². The van der Waals surface area contributed by atoms with Gasteiger partial charge in [0.05, 0.1) is 12.1 Å². The van der Waals surface area contributed by atoms with Gasteiger partial charge in [0.2, 0.25) is 5.91 Å². The Labute approximate surface area is 140 Å². The second-order valence-electron chi connectivity index (χ2n) is 6.62. The molecule has 4 nitrogen and oxygen atoms in total. The number of hydrogen-bond acceptors (Lipinski definition) is 2. The van der Waals surface area contributed by atoms with Crippen LogP contribution in [0.5, 0.6) is 0 Å².